The SMILES string of the molecule is CCOC(=O)c1csc2nc(-c3cccc(N)c3)cn12. The Labute approximate surface area is 119 Å². The number of aromatic nitrogens is 2. The average molecular weight is 287 g/mol. The molecule has 0 aliphatic carbocycles. The van der Waals surface area contributed by atoms with Crippen LogP contribution in [0.1, 0.15) is 17.4 Å². The molecule has 6 heteroatoms. The highest BCUT2D eigenvalue weighted by Crippen LogP contribution is 2.25. The van der Waals surface area contributed by atoms with Gasteiger partial charge in [0.25, 0.3) is 0 Å². The summed E-state index contributed by atoms with van der Waals surface area (Å²) in [5, 5.41) is 1.75. The average Bonchev–Trinajstić information content (AvgIpc) is 2.98. The van der Waals surface area contributed by atoms with Gasteiger partial charge in [-0.15, -0.1) is 11.3 Å². The third-order valence-corrected chi connectivity index (χ3v) is 3.72. The van der Waals surface area contributed by atoms with E-state index in [9.17, 15) is 4.79 Å². The fourth-order valence-corrected chi connectivity index (χ4v) is 2.82. The van der Waals surface area contributed by atoms with E-state index in [2.05, 4.69) is 4.98 Å². The molecule has 0 bridgehead atoms. The molecule has 0 unspecified atom stereocenters. The van der Waals surface area contributed by atoms with E-state index in [0.29, 0.717) is 18.0 Å². The van der Waals surface area contributed by atoms with E-state index < -0.39 is 0 Å². The molecule has 2 N–H and O–H groups in total. The van der Waals surface area contributed by atoms with Crippen molar-refractivity contribution in [2.75, 3.05) is 12.3 Å². The van der Waals surface area contributed by atoms with Gasteiger partial charge in [-0.2, -0.15) is 0 Å². The van der Waals surface area contributed by atoms with E-state index in [1.807, 2.05) is 30.5 Å². The highest BCUT2D eigenvalue weighted by atomic mass is 32.1. The molecule has 0 aliphatic rings. The van der Waals surface area contributed by atoms with Crippen molar-refractivity contribution in [3.05, 3.63) is 41.5 Å². The van der Waals surface area contributed by atoms with Crippen LogP contribution in [0, 0.1) is 0 Å². The number of rotatable bonds is 3. The first kappa shape index (κ1) is 12.7. The predicted octanol–water partition coefficient (Wildman–Crippen LogP) is 2.82. The van der Waals surface area contributed by atoms with Gasteiger partial charge in [-0.3, -0.25) is 4.40 Å². The van der Waals surface area contributed by atoms with Gasteiger partial charge in [0, 0.05) is 22.8 Å². The highest BCUT2D eigenvalue weighted by molar-refractivity contribution is 7.15. The Bertz CT molecular complexity index is 776. The molecule has 0 saturated carbocycles. The summed E-state index contributed by atoms with van der Waals surface area (Å²) in [5.41, 5.74) is 8.67. The number of fused-ring (bicyclic) bond motifs is 1. The summed E-state index contributed by atoms with van der Waals surface area (Å²) >= 11 is 1.41. The van der Waals surface area contributed by atoms with Gasteiger partial charge in [0.2, 0.25) is 0 Å². The topological polar surface area (TPSA) is 69.6 Å². The van der Waals surface area contributed by atoms with Gasteiger partial charge in [0.1, 0.15) is 5.69 Å². The first-order valence-corrected chi connectivity index (χ1v) is 7.06. The zero-order valence-corrected chi connectivity index (χ0v) is 11.7. The normalized spacial score (nSPS) is 10.8. The Morgan fingerprint density at radius 3 is 3.10 bits per heavy atom. The van der Waals surface area contributed by atoms with Gasteiger partial charge < -0.3 is 10.5 Å². The van der Waals surface area contributed by atoms with E-state index in [-0.39, 0.29) is 5.97 Å². The van der Waals surface area contributed by atoms with Crippen molar-refractivity contribution in [1.82, 2.24) is 9.38 Å². The summed E-state index contributed by atoms with van der Waals surface area (Å²) in [4.78, 5) is 17.1. The summed E-state index contributed by atoms with van der Waals surface area (Å²) < 4.78 is 6.78. The molecule has 3 rings (SSSR count). The van der Waals surface area contributed by atoms with Gasteiger partial charge in [-0.1, -0.05) is 12.1 Å². The Balaban J connectivity index is 2.05. The number of thiazole rings is 1. The zero-order valence-electron chi connectivity index (χ0n) is 10.9. The summed E-state index contributed by atoms with van der Waals surface area (Å²) in [6.07, 6.45) is 1.83. The second kappa shape index (κ2) is 4.97. The fraction of sp³-hybridized carbons (Fsp3) is 0.143. The smallest absolute Gasteiger partial charge is 0.356 e. The van der Waals surface area contributed by atoms with Gasteiger partial charge in [-0.25, -0.2) is 9.78 Å². The van der Waals surface area contributed by atoms with Crippen molar-refractivity contribution < 1.29 is 9.53 Å². The maximum Gasteiger partial charge on any atom is 0.356 e. The molecule has 3 aromatic rings. The quantitative estimate of drug-likeness (QED) is 0.594. The van der Waals surface area contributed by atoms with Crippen LogP contribution in [0.5, 0.6) is 0 Å². The molecule has 0 atom stereocenters. The lowest BCUT2D eigenvalue weighted by molar-refractivity contribution is 0.0518. The molecule has 0 aliphatic heterocycles. The molecular weight excluding hydrogens is 274 g/mol. The van der Waals surface area contributed by atoms with E-state index in [1.54, 1.807) is 16.7 Å². The van der Waals surface area contributed by atoms with Gasteiger partial charge in [0.15, 0.2) is 4.96 Å². The molecule has 20 heavy (non-hydrogen) atoms. The van der Waals surface area contributed by atoms with Crippen LogP contribution in [0.2, 0.25) is 0 Å². The number of esters is 1. The molecular formula is C14H13N3O2S. The third-order valence-electron chi connectivity index (χ3n) is 2.88. The molecule has 2 aromatic heterocycles. The van der Waals surface area contributed by atoms with Gasteiger partial charge in [0.05, 0.1) is 12.3 Å². The largest absolute Gasteiger partial charge is 0.461 e. The zero-order chi connectivity index (χ0) is 14.1. The van der Waals surface area contributed by atoms with Crippen LogP contribution in [0.4, 0.5) is 5.69 Å². The number of hydrogen-bond acceptors (Lipinski definition) is 5. The monoisotopic (exact) mass is 287 g/mol. The third kappa shape index (κ3) is 2.14. The molecule has 0 saturated heterocycles. The van der Waals surface area contributed by atoms with Crippen molar-refractivity contribution in [2.45, 2.75) is 6.92 Å². The van der Waals surface area contributed by atoms with Crippen molar-refractivity contribution in [2.24, 2.45) is 0 Å². The van der Waals surface area contributed by atoms with E-state index in [4.69, 9.17) is 10.5 Å². The highest BCUT2D eigenvalue weighted by Gasteiger charge is 2.15. The van der Waals surface area contributed by atoms with E-state index in [0.717, 1.165) is 16.2 Å². The van der Waals surface area contributed by atoms with Crippen LogP contribution >= 0.6 is 11.3 Å². The van der Waals surface area contributed by atoms with Crippen molar-refractivity contribution in [1.29, 1.82) is 0 Å². The Morgan fingerprint density at radius 2 is 2.35 bits per heavy atom. The lowest BCUT2D eigenvalue weighted by Gasteiger charge is -1.99. The minimum absolute atomic E-state index is 0.338. The van der Waals surface area contributed by atoms with Crippen LogP contribution < -0.4 is 5.73 Å². The minimum Gasteiger partial charge on any atom is -0.461 e. The summed E-state index contributed by atoms with van der Waals surface area (Å²) in [6.45, 7) is 2.14. The standard InChI is InChI=1S/C14H13N3O2S/c1-2-19-13(18)12-8-20-14-16-11(7-17(12)14)9-4-3-5-10(15)6-9/h3-8H,2,15H2,1H3. The van der Waals surface area contributed by atoms with Crippen LogP contribution in [0.3, 0.4) is 0 Å². The van der Waals surface area contributed by atoms with E-state index in [1.165, 1.54) is 11.3 Å². The lowest BCUT2D eigenvalue weighted by Crippen LogP contribution is -2.06. The molecule has 102 valence electrons. The number of imidazole rings is 1. The van der Waals surface area contributed by atoms with Crippen LogP contribution in [-0.4, -0.2) is 22.0 Å². The second-order valence-electron chi connectivity index (χ2n) is 4.25. The maximum absolute atomic E-state index is 11.8. The van der Waals surface area contributed by atoms with Crippen molar-refractivity contribution >= 4 is 28.0 Å². The predicted molar refractivity (Wildman–Crippen MR) is 78.9 cm³/mol. The molecule has 1 aromatic carbocycles. The molecule has 0 fully saturated rings. The van der Waals surface area contributed by atoms with Crippen molar-refractivity contribution in [3.63, 3.8) is 0 Å². The van der Waals surface area contributed by atoms with Crippen LogP contribution in [0.25, 0.3) is 16.2 Å². The number of benzene rings is 1. The first-order chi connectivity index (χ1) is 9.69. The molecule has 0 radical (unpaired) electrons. The fourth-order valence-electron chi connectivity index (χ4n) is 1.97. The summed E-state index contributed by atoms with van der Waals surface area (Å²) in [6, 6.07) is 7.50. The Hall–Kier alpha value is -2.34. The first-order valence-electron chi connectivity index (χ1n) is 6.18. The van der Waals surface area contributed by atoms with Gasteiger partial charge >= 0.3 is 5.97 Å². The molecule has 5 nitrogen and oxygen atoms in total. The molecule has 2 heterocycles. The Kier molecular flexibility index (Phi) is 3.15. The number of carbonyl (C=O) groups excluding carboxylic acids is 1. The number of carbonyl (C=O) groups is 1. The number of ether oxygens (including phenoxy) is 1. The summed E-state index contributed by atoms with van der Waals surface area (Å²) in [5.74, 6) is -0.338. The maximum atomic E-state index is 11.8. The second-order valence-corrected chi connectivity index (χ2v) is 5.08. The lowest BCUT2D eigenvalue weighted by atomic mass is 10.1. The molecule has 0 spiro atoms. The minimum atomic E-state index is -0.338. The number of nitrogens with zero attached hydrogens (tertiary/aromatic N) is 2. The number of hydrogen-bond donors (Lipinski definition) is 1. The number of anilines is 1. The van der Waals surface area contributed by atoms with Gasteiger partial charge in [-0.05, 0) is 19.1 Å². The number of nitrogens with two attached hydrogens (primary N) is 1. The number of nitrogen functional groups attached to an aromatic ring is 1. The van der Waals surface area contributed by atoms with Crippen molar-refractivity contribution in [3.8, 4) is 11.3 Å². The Morgan fingerprint density at radius 1 is 1.50 bits per heavy atom. The summed E-state index contributed by atoms with van der Waals surface area (Å²) in [7, 11) is 0. The van der Waals surface area contributed by atoms with Crippen LogP contribution in [-0.2, 0) is 4.74 Å². The van der Waals surface area contributed by atoms with Crippen LogP contribution in [0.15, 0.2) is 35.8 Å². The van der Waals surface area contributed by atoms with E-state index >= 15 is 0 Å². The molecule has 0 amide bonds.